The summed E-state index contributed by atoms with van der Waals surface area (Å²) in [5.41, 5.74) is 2.51. The van der Waals surface area contributed by atoms with Crippen LogP contribution in [0.3, 0.4) is 0 Å². The molecule has 1 saturated heterocycles. The number of hydrogen-bond acceptors (Lipinski definition) is 7. The van der Waals surface area contributed by atoms with Gasteiger partial charge in [0.1, 0.15) is 11.9 Å². The second-order valence-corrected chi connectivity index (χ2v) is 10.3. The third-order valence-corrected chi connectivity index (χ3v) is 7.29. The molecule has 222 valence electrons. The number of alkyl halides is 3. The summed E-state index contributed by atoms with van der Waals surface area (Å²) in [5.74, 6) is 0.528. The van der Waals surface area contributed by atoms with Crippen molar-refractivity contribution in [1.82, 2.24) is 24.6 Å². The fourth-order valence-electron chi connectivity index (χ4n) is 5.05. The molecule has 5 rings (SSSR count). The van der Waals surface area contributed by atoms with Crippen LogP contribution in [0.4, 0.5) is 35.4 Å². The molecule has 0 radical (unpaired) electrons. The number of carbonyl (C=O) groups excluding carboxylic acids is 1. The molecule has 2 amide bonds. The Morgan fingerprint density at radius 2 is 1.86 bits per heavy atom. The first-order valence-corrected chi connectivity index (χ1v) is 13.7. The average Bonchev–Trinajstić information content (AvgIpc) is 3.32. The highest BCUT2D eigenvalue weighted by Crippen LogP contribution is 2.39. The van der Waals surface area contributed by atoms with Crippen molar-refractivity contribution in [2.75, 3.05) is 43.1 Å². The molecule has 4 aromatic rings. The number of nitrogens with one attached hydrogen (secondary N) is 3. The minimum atomic E-state index is -4.65. The van der Waals surface area contributed by atoms with Gasteiger partial charge in [0.25, 0.3) is 0 Å². The minimum absolute atomic E-state index is 0.0187. The van der Waals surface area contributed by atoms with Crippen LogP contribution in [-0.4, -0.2) is 64.0 Å². The number of hydrogen-bond donors (Lipinski definition) is 3. The van der Waals surface area contributed by atoms with Crippen LogP contribution < -0.4 is 20.7 Å². The van der Waals surface area contributed by atoms with Crippen molar-refractivity contribution in [3.63, 3.8) is 0 Å². The van der Waals surface area contributed by atoms with Gasteiger partial charge in [-0.25, -0.2) is 14.8 Å². The molecular weight excluding hydrogens is 549 g/mol. The molecule has 2 aromatic heterocycles. The van der Waals surface area contributed by atoms with E-state index in [2.05, 4.69) is 35.9 Å². The molecule has 10 nitrogen and oxygen atoms in total. The monoisotopic (exact) mass is 582 g/mol. The van der Waals surface area contributed by atoms with Crippen molar-refractivity contribution in [3.05, 3.63) is 53.7 Å². The molecule has 0 spiro atoms. The molecular formula is C29H33F3N8O2. The zero-order chi connectivity index (χ0) is 30.0. The molecule has 1 fully saturated rings. The lowest BCUT2D eigenvalue weighted by atomic mass is 10.0. The van der Waals surface area contributed by atoms with Crippen LogP contribution in [0.15, 0.2) is 42.6 Å². The Kier molecular flexibility index (Phi) is 8.21. The number of fused-ring (bicyclic) bond motifs is 1. The molecule has 3 heterocycles. The van der Waals surface area contributed by atoms with Crippen molar-refractivity contribution in [3.8, 4) is 17.0 Å². The second-order valence-electron chi connectivity index (χ2n) is 10.3. The van der Waals surface area contributed by atoms with Gasteiger partial charge in [0, 0.05) is 56.1 Å². The smallest absolute Gasteiger partial charge is 0.420 e. The molecule has 2 aromatic carbocycles. The summed E-state index contributed by atoms with van der Waals surface area (Å²) in [7, 11) is 5.47. The van der Waals surface area contributed by atoms with E-state index < -0.39 is 17.8 Å². The molecule has 0 bridgehead atoms. The van der Waals surface area contributed by atoms with E-state index in [-0.39, 0.29) is 23.4 Å². The first-order valence-electron chi connectivity index (χ1n) is 13.7. The maximum atomic E-state index is 13.9. The maximum absolute atomic E-state index is 13.9. The normalized spacial score (nSPS) is 14.6. The van der Waals surface area contributed by atoms with E-state index in [1.54, 1.807) is 31.0 Å². The number of anilines is 3. The third kappa shape index (κ3) is 6.40. The van der Waals surface area contributed by atoms with Crippen LogP contribution in [-0.2, 0) is 19.6 Å². The van der Waals surface area contributed by atoms with Gasteiger partial charge in [-0.05, 0) is 62.2 Å². The number of benzene rings is 2. The van der Waals surface area contributed by atoms with Crippen molar-refractivity contribution < 1.29 is 22.7 Å². The lowest BCUT2D eigenvalue weighted by molar-refractivity contribution is -0.139. The number of likely N-dealkylation sites (tertiary alicyclic amines) is 1. The fourth-order valence-corrected chi connectivity index (χ4v) is 5.05. The number of aromatic nitrogens is 4. The number of amides is 2. The van der Waals surface area contributed by atoms with E-state index in [0.29, 0.717) is 18.8 Å². The number of carbonyl (C=O) groups is 1. The van der Waals surface area contributed by atoms with Crippen LogP contribution >= 0.6 is 0 Å². The first-order chi connectivity index (χ1) is 20.0. The van der Waals surface area contributed by atoms with Gasteiger partial charge in [-0.15, -0.1) is 0 Å². The first kappa shape index (κ1) is 29.1. The van der Waals surface area contributed by atoms with E-state index in [4.69, 9.17) is 4.74 Å². The molecule has 3 N–H and O–H groups in total. The van der Waals surface area contributed by atoms with Gasteiger partial charge in [-0.1, -0.05) is 6.92 Å². The molecule has 1 aliphatic rings. The summed E-state index contributed by atoms with van der Waals surface area (Å²) < 4.78 is 49.0. The Balaban J connectivity index is 1.32. The summed E-state index contributed by atoms with van der Waals surface area (Å²) >= 11 is 0. The quantitative estimate of drug-likeness (QED) is 0.254. The van der Waals surface area contributed by atoms with E-state index >= 15 is 0 Å². The summed E-state index contributed by atoms with van der Waals surface area (Å²) in [5, 5.41) is 13.3. The Hall–Kier alpha value is -4.39. The number of nitrogens with zero attached hydrogens (tertiary/aromatic N) is 5. The molecule has 0 saturated carbocycles. The van der Waals surface area contributed by atoms with Gasteiger partial charge in [0.15, 0.2) is 5.82 Å². The van der Waals surface area contributed by atoms with Crippen LogP contribution in [0.1, 0.15) is 30.9 Å². The Bertz CT molecular complexity index is 1600. The number of halogens is 3. The second kappa shape index (κ2) is 11.8. The lowest BCUT2D eigenvalue weighted by Crippen LogP contribution is -2.36. The highest BCUT2D eigenvalue weighted by Gasteiger charge is 2.36. The predicted octanol–water partition coefficient (Wildman–Crippen LogP) is 5.77. The van der Waals surface area contributed by atoms with Crippen LogP contribution in [0.25, 0.3) is 22.2 Å². The molecule has 0 atom stereocenters. The van der Waals surface area contributed by atoms with Gasteiger partial charge in [0.05, 0.1) is 16.8 Å². The van der Waals surface area contributed by atoms with E-state index in [9.17, 15) is 18.0 Å². The van der Waals surface area contributed by atoms with Gasteiger partial charge in [0.2, 0.25) is 5.95 Å². The van der Waals surface area contributed by atoms with Crippen LogP contribution in [0, 0.1) is 0 Å². The molecule has 13 heteroatoms. The summed E-state index contributed by atoms with van der Waals surface area (Å²) in [6.07, 6.45) is -1.16. The van der Waals surface area contributed by atoms with Crippen molar-refractivity contribution in [2.45, 2.75) is 38.5 Å². The minimum Gasteiger partial charge on any atom is -0.490 e. The fraction of sp³-hybridized carbons (Fsp3) is 0.379. The van der Waals surface area contributed by atoms with E-state index in [0.717, 1.165) is 53.3 Å². The lowest BCUT2D eigenvalue weighted by Gasteiger charge is -2.30. The van der Waals surface area contributed by atoms with Crippen molar-refractivity contribution >= 4 is 34.4 Å². The maximum Gasteiger partial charge on any atom is 0.420 e. The largest absolute Gasteiger partial charge is 0.490 e. The Morgan fingerprint density at radius 3 is 2.55 bits per heavy atom. The summed E-state index contributed by atoms with van der Waals surface area (Å²) in [6, 6.07) is 8.47. The molecule has 1 aliphatic heterocycles. The van der Waals surface area contributed by atoms with Gasteiger partial charge in [-0.3, -0.25) is 10.00 Å². The van der Waals surface area contributed by atoms with Gasteiger partial charge in [-0.2, -0.15) is 18.3 Å². The molecule has 0 unspecified atom stereocenters. The Labute approximate surface area is 241 Å². The number of piperidine rings is 1. The van der Waals surface area contributed by atoms with Crippen LogP contribution in [0.5, 0.6) is 5.75 Å². The SMILES string of the molecule is CCc1cc(-c2cc(NC(=O)Nc3ccc(OC4CCN(C)CC4)c(C(F)(F)F)c3)nn2C)cc2cnc(NC)nc12. The zero-order valence-electron chi connectivity index (χ0n) is 23.8. The van der Waals surface area contributed by atoms with Crippen LogP contribution in [0.2, 0.25) is 0 Å². The summed E-state index contributed by atoms with van der Waals surface area (Å²) in [6.45, 7) is 3.55. The molecule has 42 heavy (non-hydrogen) atoms. The highest BCUT2D eigenvalue weighted by molar-refractivity contribution is 5.99. The van der Waals surface area contributed by atoms with E-state index in [1.807, 2.05) is 26.1 Å². The zero-order valence-corrected chi connectivity index (χ0v) is 23.8. The highest BCUT2D eigenvalue weighted by atomic mass is 19.4. The third-order valence-electron chi connectivity index (χ3n) is 7.29. The van der Waals surface area contributed by atoms with Crippen molar-refractivity contribution in [1.29, 1.82) is 0 Å². The van der Waals surface area contributed by atoms with Crippen molar-refractivity contribution in [2.24, 2.45) is 7.05 Å². The molecule has 0 aliphatic carbocycles. The topological polar surface area (TPSA) is 109 Å². The average molecular weight is 583 g/mol. The summed E-state index contributed by atoms with van der Waals surface area (Å²) in [4.78, 5) is 23.8. The number of urea groups is 1. The number of ether oxygens (including phenoxy) is 1. The predicted molar refractivity (Wildman–Crippen MR) is 156 cm³/mol. The van der Waals surface area contributed by atoms with Gasteiger partial charge < -0.3 is 20.3 Å². The standard InChI is InChI=1S/C29H33F3N8O2/c1-5-17-12-18(13-19-16-34-27(33-2)37-26(17)19)23-15-25(38-40(23)4)36-28(41)35-20-6-7-24(22(14-20)29(30,31)32)42-21-8-10-39(3)11-9-21/h6-7,12-16,21H,5,8-11H2,1-4H3,(H,33,34,37)(H2,35,36,38,41). The van der Waals surface area contributed by atoms with E-state index in [1.165, 1.54) is 12.1 Å². The number of rotatable bonds is 7. The number of aryl methyl sites for hydroxylation is 2. The van der Waals surface area contributed by atoms with Gasteiger partial charge >= 0.3 is 12.2 Å². The Morgan fingerprint density at radius 1 is 1.10 bits per heavy atom.